The first-order chi connectivity index (χ1) is 41.9. The van der Waals surface area contributed by atoms with Crippen molar-refractivity contribution in [2.24, 2.45) is 0 Å². The molecule has 2 aliphatic rings. The minimum atomic E-state index is -4.42. The fraction of sp³-hybridized carbons (Fsp3) is 0.483. The maximum atomic E-state index is 14.0. The molecule has 2 saturated heterocycles. The van der Waals surface area contributed by atoms with Crippen LogP contribution in [0.4, 0.5) is 4.79 Å². The molecule has 0 saturated carbocycles. The SMILES string of the molecule is CCC(CC)(NC(=O)c1nn(-c2ccc(Cl)cc2Cl)c(-c2ccc(Cl)cc2)c1C)C(=O)NCCOCCOCCOCCNC(=O)c1ccc(S(=O)(=O)N(CC#N)C(=O)CCCCn2cc(CNC(=O)CCCC[C@@H]3SC[C@@H]4NC(=O)N[C@@H]43)nn2)cc1. The molecule has 2 aromatic heterocycles. The maximum Gasteiger partial charge on any atom is 0.315 e. The van der Waals surface area contributed by atoms with Crippen LogP contribution in [-0.2, 0) is 51.7 Å². The van der Waals surface area contributed by atoms with E-state index < -0.39 is 39.8 Å². The number of fused-ring (bicyclic) bond motifs is 1. The Balaban J connectivity index is 0.728. The maximum absolute atomic E-state index is 14.0. The largest absolute Gasteiger partial charge is 0.377 e. The third-order valence-electron chi connectivity index (χ3n) is 14.8. The van der Waals surface area contributed by atoms with E-state index in [0.717, 1.165) is 30.6 Å². The highest BCUT2D eigenvalue weighted by Gasteiger charge is 2.43. The van der Waals surface area contributed by atoms with Crippen molar-refractivity contribution in [3.05, 3.63) is 111 Å². The highest BCUT2D eigenvalue weighted by atomic mass is 35.5. The number of thioether (sulfide) groups is 1. The summed E-state index contributed by atoms with van der Waals surface area (Å²) in [6, 6.07) is 19.1. The highest BCUT2D eigenvalue weighted by Crippen LogP contribution is 2.35. The van der Waals surface area contributed by atoms with Gasteiger partial charge in [0.05, 0.1) is 91.8 Å². The minimum absolute atomic E-state index is 0.0974. The molecule has 29 heteroatoms. The molecular formula is C58H72Cl3N13O11S2. The van der Waals surface area contributed by atoms with Crippen molar-refractivity contribution >= 4 is 92.2 Å². The van der Waals surface area contributed by atoms with Crippen LogP contribution in [0.1, 0.15) is 104 Å². The molecule has 7 rings (SSSR count). The summed E-state index contributed by atoms with van der Waals surface area (Å²) in [5.74, 6) is -1.35. The van der Waals surface area contributed by atoms with Crippen molar-refractivity contribution in [1.29, 1.82) is 5.26 Å². The monoisotopic (exact) mass is 1300 g/mol. The van der Waals surface area contributed by atoms with Gasteiger partial charge in [-0.3, -0.25) is 28.7 Å². The molecule has 3 aromatic carbocycles. The second-order valence-corrected chi connectivity index (χ2v) is 25.0. The zero-order valence-electron chi connectivity index (χ0n) is 48.6. The van der Waals surface area contributed by atoms with Crippen LogP contribution < -0.4 is 31.9 Å². The van der Waals surface area contributed by atoms with E-state index in [1.54, 1.807) is 58.9 Å². The summed E-state index contributed by atoms with van der Waals surface area (Å²) >= 11 is 20.8. The number of unbranched alkanes of at least 4 members (excludes halogenated alkanes) is 2. The van der Waals surface area contributed by atoms with E-state index in [9.17, 15) is 42.4 Å². The third-order valence-corrected chi connectivity index (χ3v) is 18.8. The van der Waals surface area contributed by atoms with Crippen LogP contribution in [-0.4, -0.2) is 161 Å². The Morgan fingerprint density at radius 3 is 2.17 bits per heavy atom. The molecule has 0 unspecified atom stereocenters. The fourth-order valence-corrected chi connectivity index (χ4v) is 13.4. The number of aryl methyl sites for hydroxylation is 1. The van der Waals surface area contributed by atoms with Crippen LogP contribution in [0.15, 0.2) is 77.8 Å². The van der Waals surface area contributed by atoms with E-state index in [1.165, 1.54) is 24.3 Å². The number of ether oxygens (including phenoxy) is 3. The predicted octanol–water partition coefficient (Wildman–Crippen LogP) is 6.54. The molecule has 4 heterocycles. The number of urea groups is 1. The Morgan fingerprint density at radius 1 is 0.828 bits per heavy atom. The molecule has 2 aliphatic heterocycles. The van der Waals surface area contributed by atoms with E-state index in [-0.39, 0.29) is 112 Å². The van der Waals surface area contributed by atoms with Gasteiger partial charge in [-0.05, 0) is 100 Å². The molecule has 2 fully saturated rings. The first kappa shape index (κ1) is 67.7. The minimum Gasteiger partial charge on any atom is -0.377 e. The number of hydrogen-bond donors (Lipinski definition) is 6. The van der Waals surface area contributed by atoms with Crippen molar-refractivity contribution in [1.82, 2.24) is 61.0 Å². The zero-order chi connectivity index (χ0) is 62.5. The van der Waals surface area contributed by atoms with Crippen LogP contribution in [0.2, 0.25) is 15.1 Å². The van der Waals surface area contributed by atoms with Gasteiger partial charge >= 0.3 is 6.03 Å². The average molecular weight is 1300 g/mol. The lowest BCUT2D eigenvalue weighted by Gasteiger charge is -2.31. The van der Waals surface area contributed by atoms with Crippen LogP contribution in [0.5, 0.6) is 0 Å². The molecular weight excluding hydrogens is 1230 g/mol. The highest BCUT2D eigenvalue weighted by molar-refractivity contribution is 8.00. The molecule has 5 aromatic rings. The number of nitrogens with one attached hydrogen (secondary N) is 6. The summed E-state index contributed by atoms with van der Waals surface area (Å²) in [6.45, 7) is 6.94. The molecule has 0 bridgehead atoms. The van der Waals surface area contributed by atoms with E-state index in [1.807, 2.05) is 37.7 Å². The Hall–Kier alpha value is -6.83. The number of hydrogen-bond acceptors (Lipinski definition) is 16. The number of nitrogens with zero attached hydrogens (tertiary/aromatic N) is 7. The van der Waals surface area contributed by atoms with Gasteiger partial charge in [-0.2, -0.15) is 22.1 Å². The predicted molar refractivity (Wildman–Crippen MR) is 328 cm³/mol. The van der Waals surface area contributed by atoms with Gasteiger partial charge in [0.15, 0.2) is 5.69 Å². The molecule has 3 atom stereocenters. The van der Waals surface area contributed by atoms with Gasteiger partial charge in [-0.1, -0.05) is 72.4 Å². The molecule has 7 amide bonds. The number of halogens is 3. The van der Waals surface area contributed by atoms with Crippen molar-refractivity contribution in [3.63, 3.8) is 0 Å². The normalized spacial score (nSPS) is 15.5. The second kappa shape index (κ2) is 32.9. The Labute approximate surface area is 524 Å². The lowest BCUT2D eigenvalue weighted by Crippen LogP contribution is -2.58. The number of benzene rings is 3. The summed E-state index contributed by atoms with van der Waals surface area (Å²) < 4.78 is 47.5. The quantitative estimate of drug-likeness (QED) is 0.0143. The first-order valence-electron chi connectivity index (χ1n) is 28.7. The van der Waals surface area contributed by atoms with E-state index >= 15 is 0 Å². The summed E-state index contributed by atoms with van der Waals surface area (Å²) in [5, 5.41) is 41.3. The van der Waals surface area contributed by atoms with Crippen LogP contribution in [0, 0.1) is 18.3 Å². The molecule has 0 radical (unpaired) electrons. The molecule has 0 spiro atoms. The number of carbonyl (C=O) groups is 6. The molecule has 0 aliphatic carbocycles. The summed E-state index contributed by atoms with van der Waals surface area (Å²) in [7, 11) is -4.42. The second-order valence-electron chi connectivity index (χ2n) is 20.6. The fourth-order valence-electron chi connectivity index (χ4n) is 9.89. The molecule has 24 nitrogen and oxygen atoms in total. The number of carbonyl (C=O) groups excluding carboxylic acids is 6. The molecule has 468 valence electrons. The van der Waals surface area contributed by atoms with Crippen molar-refractivity contribution in [3.8, 4) is 23.0 Å². The summed E-state index contributed by atoms with van der Waals surface area (Å²) in [4.78, 5) is 77.5. The van der Waals surface area contributed by atoms with Gasteiger partial charge in [-0.15, -0.1) is 5.10 Å². The van der Waals surface area contributed by atoms with Crippen LogP contribution in [0.3, 0.4) is 0 Å². The zero-order valence-corrected chi connectivity index (χ0v) is 52.5. The van der Waals surface area contributed by atoms with Gasteiger partial charge < -0.3 is 46.1 Å². The summed E-state index contributed by atoms with van der Waals surface area (Å²) in [5.41, 5.74) is 2.01. The Bertz CT molecular complexity index is 3340. The number of aromatic nitrogens is 5. The van der Waals surface area contributed by atoms with E-state index in [2.05, 4.69) is 42.2 Å². The van der Waals surface area contributed by atoms with E-state index in [4.69, 9.17) is 54.1 Å². The standard InChI is InChI=1S/C58H72Cl3N13O11S2/c1-4-58(5-2,68-55(78)51-38(3)53(39-13-17-41(59)18-14-39)74(70-51)47-22-19-42(60)34-45(47)61)56(79)64-25-29-84-31-33-85-32-30-83-28-24-63-54(77)40-15-20-44(21-16-40)87(81,82)73(27-23-62)50(76)12-8-9-26-72-36-43(69-71-72)35-65-49(75)11-7-6-10-48-52-46(37-86-48)66-57(80)67-52/h13-22,34,36,46,48,52H,4-12,24-33,35,37H2,1-3H3,(H,63,77)(H,64,79)(H,65,75)(H,68,78)(H2,66,67,80)/t46-,48-,52-/m0/s1. The Morgan fingerprint density at radius 2 is 1.49 bits per heavy atom. The van der Waals surface area contributed by atoms with Crippen LogP contribution >= 0.6 is 46.6 Å². The average Bonchev–Trinajstić information content (AvgIpc) is 2.28. The van der Waals surface area contributed by atoms with Gasteiger partial charge in [0, 0.05) is 70.2 Å². The number of amides is 7. The van der Waals surface area contributed by atoms with Gasteiger partial charge in [0.2, 0.25) is 17.7 Å². The molecule has 87 heavy (non-hydrogen) atoms. The van der Waals surface area contributed by atoms with Crippen LogP contribution in [0.25, 0.3) is 16.9 Å². The number of nitriles is 1. The van der Waals surface area contributed by atoms with Gasteiger partial charge in [-0.25, -0.2) is 22.2 Å². The van der Waals surface area contributed by atoms with Gasteiger partial charge in [0.1, 0.15) is 17.8 Å². The Kier molecular flexibility index (Phi) is 25.6. The summed E-state index contributed by atoms with van der Waals surface area (Å²) in [6.07, 6.45) is 5.78. The topological polar surface area (TPSA) is 312 Å². The van der Waals surface area contributed by atoms with Gasteiger partial charge in [0.25, 0.3) is 21.8 Å². The van der Waals surface area contributed by atoms with Crippen molar-refractivity contribution < 1.29 is 51.4 Å². The lowest BCUT2D eigenvalue weighted by atomic mass is 9.91. The number of rotatable bonds is 35. The third kappa shape index (κ3) is 18.6. The number of sulfonamides is 1. The lowest BCUT2D eigenvalue weighted by molar-refractivity contribution is -0.128. The van der Waals surface area contributed by atoms with Crippen molar-refractivity contribution in [2.75, 3.05) is 65.0 Å². The van der Waals surface area contributed by atoms with Crippen molar-refractivity contribution in [2.45, 2.75) is 119 Å². The smallest absolute Gasteiger partial charge is 0.315 e. The van der Waals surface area contributed by atoms with E-state index in [0.29, 0.717) is 85.9 Å². The molecule has 6 N–H and O–H groups in total. The first-order valence-corrected chi connectivity index (χ1v) is 32.3.